The van der Waals surface area contributed by atoms with Crippen LogP contribution < -0.4 is 5.32 Å². The molecule has 0 aliphatic heterocycles. The van der Waals surface area contributed by atoms with Crippen molar-refractivity contribution in [2.45, 2.75) is 27.3 Å². The molecule has 0 saturated heterocycles. The van der Waals surface area contributed by atoms with Crippen LogP contribution in [-0.4, -0.2) is 26.9 Å². The predicted octanol–water partition coefficient (Wildman–Crippen LogP) is 1.72. The van der Waals surface area contributed by atoms with E-state index in [2.05, 4.69) is 32.6 Å². The van der Waals surface area contributed by atoms with Gasteiger partial charge in [-0.05, 0) is 26.5 Å². The second kappa shape index (κ2) is 5.29. The summed E-state index contributed by atoms with van der Waals surface area (Å²) in [6.07, 6.45) is 0. The zero-order valence-corrected chi connectivity index (χ0v) is 11.0. The maximum absolute atomic E-state index is 4.20. The van der Waals surface area contributed by atoms with Crippen LogP contribution >= 0.6 is 11.3 Å². The molecule has 5 nitrogen and oxygen atoms in total. The number of aryl methyl sites for hydroxylation is 2. The van der Waals surface area contributed by atoms with E-state index in [9.17, 15) is 0 Å². The van der Waals surface area contributed by atoms with E-state index in [1.54, 1.807) is 11.3 Å². The van der Waals surface area contributed by atoms with E-state index in [1.807, 2.05) is 19.9 Å². The SMILES string of the molecule is CCNCc1nnc(-c2cc(C)nnc2C)s1. The minimum Gasteiger partial charge on any atom is -0.311 e. The molecule has 0 aliphatic rings. The normalized spacial score (nSPS) is 10.8. The molecule has 0 fully saturated rings. The fourth-order valence-electron chi connectivity index (χ4n) is 1.43. The number of nitrogens with zero attached hydrogens (tertiary/aromatic N) is 4. The third-order valence-electron chi connectivity index (χ3n) is 2.32. The Morgan fingerprint density at radius 1 is 1.18 bits per heavy atom. The van der Waals surface area contributed by atoms with Crippen molar-refractivity contribution in [2.75, 3.05) is 6.54 Å². The Labute approximate surface area is 104 Å². The van der Waals surface area contributed by atoms with Crippen molar-refractivity contribution in [3.05, 3.63) is 22.5 Å². The number of rotatable bonds is 4. The summed E-state index contributed by atoms with van der Waals surface area (Å²) in [4.78, 5) is 0. The molecule has 6 heteroatoms. The van der Waals surface area contributed by atoms with E-state index in [1.165, 1.54) is 0 Å². The van der Waals surface area contributed by atoms with E-state index in [-0.39, 0.29) is 0 Å². The highest BCUT2D eigenvalue weighted by atomic mass is 32.1. The maximum Gasteiger partial charge on any atom is 0.149 e. The molecule has 0 aliphatic carbocycles. The van der Waals surface area contributed by atoms with Gasteiger partial charge in [0.1, 0.15) is 10.0 Å². The van der Waals surface area contributed by atoms with Gasteiger partial charge in [-0.2, -0.15) is 10.2 Å². The van der Waals surface area contributed by atoms with Gasteiger partial charge in [-0.15, -0.1) is 10.2 Å². The molecule has 2 aromatic rings. The molecule has 2 rings (SSSR count). The molecule has 2 aromatic heterocycles. The van der Waals surface area contributed by atoms with Gasteiger partial charge in [0.15, 0.2) is 0 Å². The smallest absolute Gasteiger partial charge is 0.149 e. The Kier molecular flexibility index (Phi) is 3.75. The van der Waals surface area contributed by atoms with Crippen LogP contribution in [0.25, 0.3) is 10.6 Å². The van der Waals surface area contributed by atoms with Gasteiger partial charge in [-0.3, -0.25) is 0 Å². The van der Waals surface area contributed by atoms with Gasteiger partial charge in [0.2, 0.25) is 0 Å². The van der Waals surface area contributed by atoms with Gasteiger partial charge in [-0.25, -0.2) is 0 Å². The molecule has 90 valence electrons. The van der Waals surface area contributed by atoms with Crippen LogP contribution in [0.5, 0.6) is 0 Å². The lowest BCUT2D eigenvalue weighted by molar-refractivity contribution is 0.715. The third kappa shape index (κ3) is 2.83. The summed E-state index contributed by atoms with van der Waals surface area (Å²) >= 11 is 1.60. The zero-order chi connectivity index (χ0) is 12.3. The van der Waals surface area contributed by atoms with Gasteiger partial charge >= 0.3 is 0 Å². The van der Waals surface area contributed by atoms with Gasteiger partial charge in [-0.1, -0.05) is 18.3 Å². The molecule has 0 radical (unpaired) electrons. The number of hydrogen-bond acceptors (Lipinski definition) is 6. The molecule has 0 unspecified atom stereocenters. The standard InChI is InChI=1S/C11H15N5S/c1-4-12-6-10-15-16-11(17-10)9-5-7(2)13-14-8(9)3/h5,12H,4,6H2,1-3H3. The lowest BCUT2D eigenvalue weighted by Crippen LogP contribution is -2.11. The lowest BCUT2D eigenvalue weighted by Gasteiger charge is -2.00. The van der Waals surface area contributed by atoms with Crippen LogP contribution in [0.2, 0.25) is 0 Å². The first-order valence-corrected chi connectivity index (χ1v) is 6.36. The van der Waals surface area contributed by atoms with Crippen molar-refractivity contribution in [3.8, 4) is 10.6 Å². The van der Waals surface area contributed by atoms with E-state index in [4.69, 9.17) is 0 Å². The Morgan fingerprint density at radius 2 is 2.00 bits per heavy atom. The molecule has 0 atom stereocenters. The average Bonchev–Trinajstić information content (AvgIpc) is 2.78. The topological polar surface area (TPSA) is 63.6 Å². The second-order valence-electron chi connectivity index (χ2n) is 3.77. The summed E-state index contributed by atoms with van der Waals surface area (Å²) in [5.74, 6) is 0. The predicted molar refractivity (Wildman–Crippen MR) is 67.8 cm³/mol. The van der Waals surface area contributed by atoms with Crippen molar-refractivity contribution in [1.29, 1.82) is 0 Å². The molecule has 0 spiro atoms. The summed E-state index contributed by atoms with van der Waals surface area (Å²) in [7, 11) is 0. The Bertz CT molecular complexity index is 508. The second-order valence-corrected chi connectivity index (χ2v) is 4.83. The van der Waals surface area contributed by atoms with Gasteiger partial charge in [0, 0.05) is 12.1 Å². The molecule has 0 amide bonds. The number of aromatic nitrogens is 4. The average molecular weight is 249 g/mol. The first-order valence-electron chi connectivity index (χ1n) is 5.55. The minimum atomic E-state index is 0.769. The summed E-state index contributed by atoms with van der Waals surface area (Å²) in [5.41, 5.74) is 2.81. The van der Waals surface area contributed by atoms with Crippen LogP contribution in [0.15, 0.2) is 6.07 Å². The molecule has 0 saturated carbocycles. The molecule has 0 bridgehead atoms. The molecule has 2 heterocycles. The lowest BCUT2D eigenvalue weighted by atomic mass is 10.2. The summed E-state index contributed by atoms with van der Waals surface area (Å²) in [5, 5.41) is 21.6. The van der Waals surface area contributed by atoms with E-state index < -0.39 is 0 Å². The molecule has 1 N–H and O–H groups in total. The first-order chi connectivity index (χ1) is 8.20. The number of nitrogens with one attached hydrogen (secondary N) is 1. The fourth-order valence-corrected chi connectivity index (χ4v) is 2.31. The van der Waals surface area contributed by atoms with Crippen LogP contribution in [0.3, 0.4) is 0 Å². The Morgan fingerprint density at radius 3 is 2.76 bits per heavy atom. The van der Waals surface area contributed by atoms with Gasteiger partial charge in [0.05, 0.1) is 11.4 Å². The molecular weight excluding hydrogens is 234 g/mol. The van der Waals surface area contributed by atoms with Crippen molar-refractivity contribution >= 4 is 11.3 Å². The molecule has 17 heavy (non-hydrogen) atoms. The zero-order valence-electron chi connectivity index (χ0n) is 10.2. The minimum absolute atomic E-state index is 0.769. The first kappa shape index (κ1) is 12.1. The van der Waals surface area contributed by atoms with Crippen molar-refractivity contribution in [1.82, 2.24) is 25.7 Å². The highest BCUT2D eigenvalue weighted by molar-refractivity contribution is 7.14. The quantitative estimate of drug-likeness (QED) is 0.894. The van der Waals surface area contributed by atoms with Crippen LogP contribution in [0, 0.1) is 13.8 Å². The van der Waals surface area contributed by atoms with E-state index in [0.29, 0.717) is 0 Å². The fraction of sp³-hybridized carbons (Fsp3) is 0.455. The highest BCUT2D eigenvalue weighted by Crippen LogP contribution is 2.25. The van der Waals surface area contributed by atoms with E-state index >= 15 is 0 Å². The third-order valence-corrected chi connectivity index (χ3v) is 3.28. The van der Waals surface area contributed by atoms with Crippen molar-refractivity contribution in [2.24, 2.45) is 0 Å². The Balaban J connectivity index is 2.27. The van der Waals surface area contributed by atoms with Gasteiger partial charge < -0.3 is 5.32 Å². The molecular formula is C11H15N5S. The summed E-state index contributed by atoms with van der Waals surface area (Å²) in [6.45, 7) is 7.64. The van der Waals surface area contributed by atoms with Crippen molar-refractivity contribution in [3.63, 3.8) is 0 Å². The van der Waals surface area contributed by atoms with Crippen LogP contribution in [0.1, 0.15) is 23.3 Å². The van der Waals surface area contributed by atoms with Gasteiger partial charge in [0.25, 0.3) is 0 Å². The van der Waals surface area contributed by atoms with Crippen LogP contribution in [-0.2, 0) is 6.54 Å². The largest absolute Gasteiger partial charge is 0.311 e. The number of hydrogen-bond donors (Lipinski definition) is 1. The van der Waals surface area contributed by atoms with E-state index in [0.717, 1.165) is 40.1 Å². The molecule has 0 aromatic carbocycles. The van der Waals surface area contributed by atoms with Crippen molar-refractivity contribution < 1.29 is 0 Å². The monoisotopic (exact) mass is 249 g/mol. The maximum atomic E-state index is 4.20. The van der Waals surface area contributed by atoms with Crippen LogP contribution in [0.4, 0.5) is 0 Å². The highest BCUT2D eigenvalue weighted by Gasteiger charge is 2.10. The Hall–Kier alpha value is -1.40. The summed E-state index contributed by atoms with van der Waals surface area (Å²) < 4.78 is 0. The summed E-state index contributed by atoms with van der Waals surface area (Å²) in [6, 6.07) is 2.00.